The van der Waals surface area contributed by atoms with Gasteiger partial charge in [0.15, 0.2) is 0 Å². The number of rotatable bonds is 5. The minimum Gasteiger partial charge on any atom is -0.393 e. The summed E-state index contributed by atoms with van der Waals surface area (Å²) in [4.78, 5) is 2.31. The van der Waals surface area contributed by atoms with Crippen LogP contribution in [-0.4, -0.2) is 48.0 Å². The Hall–Kier alpha value is -0.120. The lowest BCUT2D eigenvalue weighted by Gasteiger charge is -2.62. The normalized spacial score (nSPS) is 50.7. The van der Waals surface area contributed by atoms with Crippen molar-refractivity contribution in [1.82, 2.24) is 4.90 Å². The van der Waals surface area contributed by atoms with Crippen molar-refractivity contribution < 1.29 is 10.2 Å². The van der Waals surface area contributed by atoms with E-state index < -0.39 is 0 Å². The highest BCUT2D eigenvalue weighted by atomic mass is 16.3. The van der Waals surface area contributed by atoms with Gasteiger partial charge < -0.3 is 15.1 Å². The third-order valence-corrected chi connectivity index (χ3v) is 10.7. The van der Waals surface area contributed by atoms with E-state index in [1.807, 2.05) is 0 Å². The average Bonchev–Trinajstić information content (AvgIpc) is 3.00. The molecule has 0 saturated heterocycles. The van der Waals surface area contributed by atoms with Gasteiger partial charge in [-0.1, -0.05) is 20.8 Å². The molecule has 4 fully saturated rings. The third-order valence-electron chi connectivity index (χ3n) is 10.7. The molecule has 0 spiro atoms. The van der Waals surface area contributed by atoms with Crippen LogP contribution < -0.4 is 0 Å². The van der Waals surface area contributed by atoms with Crippen LogP contribution in [0.2, 0.25) is 0 Å². The molecule has 168 valence electrons. The van der Waals surface area contributed by atoms with Crippen LogP contribution in [0.15, 0.2) is 0 Å². The van der Waals surface area contributed by atoms with Crippen LogP contribution in [0.25, 0.3) is 0 Å². The van der Waals surface area contributed by atoms with Crippen molar-refractivity contribution in [2.45, 2.75) is 97.2 Å². The Morgan fingerprint density at radius 3 is 2.34 bits per heavy atom. The van der Waals surface area contributed by atoms with Crippen molar-refractivity contribution in [3.63, 3.8) is 0 Å². The summed E-state index contributed by atoms with van der Waals surface area (Å²) in [5, 5.41) is 21.6. The molecule has 0 aliphatic heterocycles. The topological polar surface area (TPSA) is 43.7 Å². The van der Waals surface area contributed by atoms with E-state index in [1.165, 1.54) is 51.5 Å². The van der Waals surface area contributed by atoms with Crippen molar-refractivity contribution in [2.24, 2.45) is 46.3 Å². The van der Waals surface area contributed by atoms with Gasteiger partial charge in [0.1, 0.15) is 0 Å². The second-order valence-electron chi connectivity index (χ2n) is 12.4. The van der Waals surface area contributed by atoms with E-state index >= 15 is 0 Å². The zero-order chi connectivity index (χ0) is 21.0. The first-order valence-corrected chi connectivity index (χ1v) is 12.7. The highest BCUT2D eigenvalue weighted by Crippen LogP contribution is 2.68. The van der Waals surface area contributed by atoms with Gasteiger partial charge in [-0.2, -0.15) is 0 Å². The summed E-state index contributed by atoms with van der Waals surface area (Å²) >= 11 is 0. The molecule has 0 bridgehead atoms. The minimum absolute atomic E-state index is 0.135. The lowest BCUT2D eigenvalue weighted by molar-refractivity contribution is -0.174. The Morgan fingerprint density at radius 2 is 1.62 bits per heavy atom. The molecule has 4 aliphatic carbocycles. The molecule has 0 aromatic carbocycles. The van der Waals surface area contributed by atoms with Gasteiger partial charge >= 0.3 is 0 Å². The minimum atomic E-state index is -0.143. The van der Waals surface area contributed by atoms with Crippen LogP contribution in [0.1, 0.15) is 85.0 Å². The summed E-state index contributed by atoms with van der Waals surface area (Å²) in [6.45, 7) is 8.83. The fraction of sp³-hybridized carbons (Fsp3) is 1.00. The van der Waals surface area contributed by atoms with E-state index in [0.29, 0.717) is 34.5 Å². The van der Waals surface area contributed by atoms with E-state index in [9.17, 15) is 10.2 Å². The zero-order valence-corrected chi connectivity index (χ0v) is 19.7. The van der Waals surface area contributed by atoms with Crippen molar-refractivity contribution in [2.75, 3.05) is 20.6 Å². The number of nitrogens with zero attached hydrogens (tertiary/aromatic N) is 1. The number of hydrogen-bond acceptors (Lipinski definition) is 3. The van der Waals surface area contributed by atoms with Crippen molar-refractivity contribution >= 4 is 0 Å². The highest BCUT2D eigenvalue weighted by Gasteiger charge is 2.62. The van der Waals surface area contributed by atoms with Crippen LogP contribution >= 0.6 is 0 Å². The fourth-order valence-corrected chi connectivity index (χ4v) is 9.11. The first-order chi connectivity index (χ1) is 13.7. The van der Waals surface area contributed by atoms with E-state index in [-0.39, 0.29) is 12.2 Å². The molecule has 4 rings (SSSR count). The smallest absolute Gasteiger partial charge is 0.0577 e. The molecular formula is C26H47NO2. The van der Waals surface area contributed by atoms with Gasteiger partial charge in [-0.05, 0) is 131 Å². The van der Waals surface area contributed by atoms with Crippen molar-refractivity contribution in [3.8, 4) is 0 Å². The first-order valence-electron chi connectivity index (χ1n) is 12.7. The van der Waals surface area contributed by atoms with Gasteiger partial charge in [0.2, 0.25) is 0 Å². The first kappa shape index (κ1) is 22.1. The average molecular weight is 406 g/mol. The summed E-state index contributed by atoms with van der Waals surface area (Å²) in [6.07, 6.45) is 11.7. The second kappa shape index (κ2) is 8.10. The Balaban J connectivity index is 1.50. The summed E-state index contributed by atoms with van der Waals surface area (Å²) in [5.41, 5.74) is 0.775. The molecular weight excluding hydrogens is 358 g/mol. The summed E-state index contributed by atoms with van der Waals surface area (Å²) in [5.74, 6) is 4.04. The Bertz CT molecular complexity index is 579. The molecule has 29 heavy (non-hydrogen) atoms. The Labute approximate surface area is 179 Å². The molecule has 0 aromatic heterocycles. The summed E-state index contributed by atoms with van der Waals surface area (Å²) in [7, 11) is 4.36. The molecule has 4 aliphatic rings. The number of aliphatic hydroxyl groups excluding tert-OH is 2. The SMILES string of the molecule is C[C@H](CCCN(C)C)[C@H]1CC[C@H]2[C@@H]3[C@@H](O)C[C@@H]4C[C@H](O)CC[C@]4(C)[C@H]3CC[C@]12C. The van der Waals surface area contributed by atoms with E-state index in [0.717, 1.165) is 31.1 Å². The molecule has 3 heteroatoms. The standard InChI is InChI=1S/C26H47NO2/c1-17(7-6-14-27(4)5)20-8-9-21-24-22(11-13-26(20,21)3)25(2)12-10-19(28)15-18(25)16-23(24)29/h17-24,28-29H,6-16H2,1-5H3/t17-,18+,19-,20-,21+,22+,23+,24+,25+,26-/m1/s1. The lowest BCUT2D eigenvalue weighted by atomic mass is 9.43. The predicted molar refractivity (Wildman–Crippen MR) is 120 cm³/mol. The molecule has 0 heterocycles. The molecule has 3 nitrogen and oxygen atoms in total. The van der Waals surface area contributed by atoms with Gasteiger partial charge in [0.25, 0.3) is 0 Å². The quantitative estimate of drug-likeness (QED) is 0.680. The fourth-order valence-electron chi connectivity index (χ4n) is 9.11. The van der Waals surface area contributed by atoms with E-state index in [4.69, 9.17) is 0 Å². The zero-order valence-electron chi connectivity index (χ0n) is 19.7. The number of fused-ring (bicyclic) bond motifs is 5. The Morgan fingerprint density at radius 1 is 0.931 bits per heavy atom. The summed E-state index contributed by atoms with van der Waals surface area (Å²) < 4.78 is 0. The van der Waals surface area contributed by atoms with Crippen LogP contribution in [0, 0.1) is 46.3 Å². The van der Waals surface area contributed by atoms with E-state index in [1.54, 1.807) is 0 Å². The molecule has 0 amide bonds. The molecule has 4 saturated carbocycles. The summed E-state index contributed by atoms with van der Waals surface area (Å²) in [6, 6.07) is 0. The predicted octanol–water partition coefficient (Wildman–Crippen LogP) is 4.95. The molecule has 10 atom stereocenters. The van der Waals surface area contributed by atoms with Crippen LogP contribution in [0.5, 0.6) is 0 Å². The van der Waals surface area contributed by atoms with Crippen molar-refractivity contribution in [3.05, 3.63) is 0 Å². The number of hydrogen-bond donors (Lipinski definition) is 2. The Kier molecular flexibility index (Phi) is 6.17. The maximum Gasteiger partial charge on any atom is 0.0577 e. The van der Waals surface area contributed by atoms with Gasteiger partial charge in [-0.15, -0.1) is 0 Å². The van der Waals surface area contributed by atoms with Crippen LogP contribution in [0.3, 0.4) is 0 Å². The van der Waals surface area contributed by atoms with Crippen LogP contribution in [0.4, 0.5) is 0 Å². The second-order valence-corrected chi connectivity index (χ2v) is 12.4. The van der Waals surface area contributed by atoms with Gasteiger partial charge in [-0.3, -0.25) is 0 Å². The monoisotopic (exact) mass is 405 g/mol. The van der Waals surface area contributed by atoms with Crippen LogP contribution in [-0.2, 0) is 0 Å². The molecule has 2 N–H and O–H groups in total. The molecule has 0 aromatic rings. The van der Waals surface area contributed by atoms with Gasteiger partial charge in [-0.25, -0.2) is 0 Å². The van der Waals surface area contributed by atoms with Gasteiger partial charge in [0.05, 0.1) is 12.2 Å². The maximum atomic E-state index is 11.3. The van der Waals surface area contributed by atoms with E-state index in [2.05, 4.69) is 39.8 Å². The number of aliphatic hydroxyl groups is 2. The maximum absolute atomic E-state index is 11.3. The lowest BCUT2D eigenvalue weighted by Crippen LogP contribution is -2.58. The highest BCUT2D eigenvalue weighted by molar-refractivity contribution is 5.11. The third kappa shape index (κ3) is 3.72. The van der Waals surface area contributed by atoms with Crippen molar-refractivity contribution in [1.29, 1.82) is 0 Å². The van der Waals surface area contributed by atoms with Gasteiger partial charge in [0, 0.05) is 0 Å². The molecule has 0 radical (unpaired) electrons. The molecule has 0 unspecified atom stereocenters. The largest absolute Gasteiger partial charge is 0.393 e.